The van der Waals surface area contributed by atoms with Crippen LogP contribution in [0.15, 0.2) is 16.7 Å². The minimum absolute atomic E-state index is 0.0584. The molecule has 0 bridgehead atoms. The van der Waals surface area contributed by atoms with Gasteiger partial charge in [0, 0.05) is 13.1 Å². The van der Waals surface area contributed by atoms with Crippen molar-refractivity contribution in [2.75, 3.05) is 13.1 Å². The fraction of sp³-hybridized carbons (Fsp3) is 0.619. The minimum Gasteiger partial charge on any atom is -0.487 e. The van der Waals surface area contributed by atoms with E-state index >= 15 is 0 Å². The Balaban J connectivity index is 1.31. The highest BCUT2D eigenvalue weighted by atomic mass is 19.4. The van der Waals surface area contributed by atoms with Gasteiger partial charge in [-0.1, -0.05) is 30.5 Å². The summed E-state index contributed by atoms with van der Waals surface area (Å²) in [4.78, 5) is 5.22. The zero-order valence-electron chi connectivity index (χ0n) is 16.9. The van der Waals surface area contributed by atoms with E-state index in [1.807, 2.05) is 4.90 Å². The monoisotopic (exact) mass is 445 g/mol. The Morgan fingerprint density at radius 2 is 1.71 bits per heavy atom. The first kappa shape index (κ1) is 22.0. The molecule has 0 atom stereocenters. The minimum atomic E-state index is -4.64. The summed E-state index contributed by atoms with van der Waals surface area (Å²) in [6, 6.07) is 3.14. The second-order valence-electron chi connectivity index (χ2n) is 8.22. The van der Waals surface area contributed by atoms with Crippen molar-refractivity contribution in [3.05, 3.63) is 41.0 Å². The lowest BCUT2D eigenvalue weighted by atomic mass is 9.84. The Hall–Kier alpha value is -2.23. The van der Waals surface area contributed by atoms with Crippen molar-refractivity contribution in [2.45, 2.75) is 69.7 Å². The number of rotatable bonds is 5. The van der Waals surface area contributed by atoms with E-state index in [0.717, 1.165) is 32.1 Å². The van der Waals surface area contributed by atoms with Gasteiger partial charge in [0.05, 0.1) is 6.54 Å². The smallest absolute Gasteiger partial charge is 0.455 e. The highest BCUT2D eigenvalue weighted by molar-refractivity contribution is 5.33. The van der Waals surface area contributed by atoms with Crippen molar-refractivity contribution in [1.82, 2.24) is 15.0 Å². The number of benzene rings is 1. The normalized spacial score (nSPS) is 19.6. The first-order valence-electron chi connectivity index (χ1n) is 10.6. The Morgan fingerprint density at radius 3 is 2.35 bits per heavy atom. The number of likely N-dealkylation sites (tertiary alicyclic amines) is 1. The Kier molecular flexibility index (Phi) is 6.45. The van der Waals surface area contributed by atoms with Crippen molar-refractivity contribution < 1.29 is 31.2 Å². The second-order valence-corrected chi connectivity index (χ2v) is 8.22. The van der Waals surface area contributed by atoms with Crippen LogP contribution in [0.25, 0.3) is 0 Å². The van der Waals surface area contributed by atoms with E-state index in [1.54, 1.807) is 6.07 Å². The van der Waals surface area contributed by atoms with Crippen LogP contribution in [0.4, 0.5) is 22.0 Å². The predicted octanol–water partition coefficient (Wildman–Crippen LogP) is 5.46. The molecule has 10 heteroatoms. The average molecular weight is 445 g/mol. The number of alkyl halides is 3. The molecule has 170 valence electrons. The first-order chi connectivity index (χ1) is 14.8. The van der Waals surface area contributed by atoms with E-state index < -0.39 is 23.6 Å². The summed E-state index contributed by atoms with van der Waals surface area (Å²) in [5, 5.41) is 2.94. The largest absolute Gasteiger partial charge is 0.487 e. The molecule has 4 rings (SSSR count). The van der Waals surface area contributed by atoms with E-state index in [1.165, 1.54) is 6.07 Å². The molecular weight excluding hydrogens is 421 g/mol. The molecule has 1 saturated heterocycles. The zero-order valence-corrected chi connectivity index (χ0v) is 16.9. The topological polar surface area (TPSA) is 51.4 Å². The van der Waals surface area contributed by atoms with Crippen LogP contribution in [0.5, 0.6) is 5.75 Å². The average Bonchev–Trinajstić information content (AvgIpc) is 3.23. The summed E-state index contributed by atoms with van der Waals surface area (Å²) < 4.78 is 77.3. The summed E-state index contributed by atoms with van der Waals surface area (Å²) >= 11 is 0. The van der Waals surface area contributed by atoms with Gasteiger partial charge in [-0.15, -0.1) is 0 Å². The maximum absolute atomic E-state index is 14.6. The lowest BCUT2D eigenvalue weighted by molar-refractivity contribution is -0.146. The number of hydrogen-bond acceptors (Lipinski definition) is 5. The molecule has 0 N–H and O–H groups in total. The predicted molar refractivity (Wildman–Crippen MR) is 100 cm³/mol. The number of aromatic nitrogens is 2. The van der Waals surface area contributed by atoms with Gasteiger partial charge in [0.1, 0.15) is 6.10 Å². The fourth-order valence-electron chi connectivity index (χ4n) is 4.36. The molecule has 31 heavy (non-hydrogen) atoms. The van der Waals surface area contributed by atoms with Crippen molar-refractivity contribution in [3.63, 3.8) is 0 Å². The lowest BCUT2D eigenvalue weighted by Crippen LogP contribution is -2.38. The Morgan fingerprint density at radius 1 is 1.00 bits per heavy atom. The second kappa shape index (κ2) is 9.10. The SMILES string of the molecule is Fc1c(OC2CCN(Cc3nc(C(F)(F)F)no3)CC2)ccc(C2CCCCC2)c1F. The third-order valence-corrected chi connectivity index (χ3v) is 6.03. The van der Waals surface area contributed by atoms with Crippen molar-refractivity contribution in [3.8, 4) is 5.75 Å². The summed E-state index contributed by atoms with van der Waals surface area (Å²) in [7, 11) is 0. The summed E-state index contributed by atoms with van der Waals surface area (Å²) in [5.41, 5.74) is 0.428. The van der Waals surface area contributed by atoms with Gasteiger partial charge in [-0.3, -0.25) is 4.90 Å². The molecule has 2 fully saturated rings. The molecule has 1 saturated carbocycles. The molecule has 1 aliphatic heterocycles. The fourth-order valence-corrected chi connectivity index (χ4v) is 4.36. The molecule has 5 nitrogen and oxygen atoms in total. The van der Waals surface area contributed by atoms with E-state index in [0.29, 0.717) is 31.5 Å². The number of hydrogen-bond donors (Lipinski definition) is 0. The van der Waals surface area contributed by atoms with Gasteiger partial charge < -0.3 is 9.26 Å². The molecule has 0 radical (unpaired) electrons. The van der Waals surface area contributed by atoms with Crippen LogP contribution in [0.1, 0.15) is 68.1 Å². The van der Waals surface area contributed by atoms with Crippen LogP contribution >= 0.6 is 0 Å². The molecular formula is C21H24F5N3O2. The highest BCUT2D eigenvalue weighted by Gasteiger charge is 2.37. The van der Waals surface area contributed by atoms with Crippen LogP contribution in [0.3, 0.4) is 0 Å². The van der Waals surface area contributed by atoms with E-state index in [4.69, 9.17) is 4.74 Å². The molecule has 2 aliphatic rings. The van der Waals surface area contributed by atoms with Gasteiger partial charge in [0.15, 0.2) is 11.6 Å². The quantitative estimate of drug-likeness (QED) is 0.573. The van der Waals surface area contributed by atoms with Gasteiger partial charge >= 0.3 is 6.18 Å². The summed E-state index contributed by atoms with van der Waals surface area (Å²) in [6.07, 6.45) is 1.04. The van der Waals surface area contributed by atoms with Crippen LogP contribution in [-0.4, -0.2) is 34.2 Å². The van der Waals surface area contributed by atoms with Crippen molar-refractivity contribution >= 4 is 0 Å². The van der Waals surface area contributed by atoms with Gasteiger partial charge in [-0.05, 0) is 43.2 Å². The van der Waals surface area contributed by atoms with Gasteiger partial charge in [0.2, 0.25) is 11.7 Å². The third kappa shape index (κ3) is 5.16. The van der Waals surface area contributed by atoms with Crippen LogP contribution in [0, 0.1) is 11.6 Å². The molecule has 2 heterocycles. The summed E-state index contributed by atoms with van der Waals surface area (Å²) in [5.74, 6) is -3.21. The van der Waals surface area contributed by atoms with Crippen molar-refractivity contribution in [2.24, 2.45) is 0 Å². The molecule has 1 aromatic heterocycles. The van der Waals surface area contributed by atoms with Crippen LogP contribution < -0.4 is 4.74 Å². The molecule has 0 unspecified atom stereocenters. The third-order valence-electron chi connectivity index (χ3n) is 6.03. The molecule has 1 aliphatic carbocycles. The first-order valence-corrected chi connectivity index (χ1v) is 10.6. The number of halogens is 5. The number of nitrogens with zero attached hydrogens (tertiary/aromatic N) is 3. The van der Waals surface area contributed by atoms with Crippen molar-refractivity contribution in [1.29, 1.82) is 0 Å². The Labute approximate surface area is 176 Å². The zero-order chi connectivity index (χ0) is 22.0. The molecule has 1 aromatic carbocycles. The van der Waals surface area contributed by atoms with Crippen LogP contribution in [-0.2, 0) is 12.7 Å². The maximum Gasteiger partial charge on any atom is 0.455 e. The van der Waals surface area contributed by atoms with E-state index in [-0.39, 0.29) is 30.2 Å². The van der Waals surface area contributed by atoms with E-state index in [2.05, 4.69) is 14.7 Å². The number of piperidine rings is 1. The molecule has 2 aromatic rings. The Bertz CT molecular complexity index is 888. The highest BCUT2D eigenvalue weighted by Crippen LogP contribution is 2.37. The van der Waals surface area contributed by atoms with Gasteiger partial charge in [-0.2, -0.15) is 22.5 Å². The summed E-state index contributed by atoms with van der Waals surface area (Å²) in [6.45, 7) is 1.09. The van der Waals surface area contributed by atoms with E-state index in [9.17, 15) is 22.0 Å². The lowest BCUT2D eigenvalue weighted by Gasteiger charge is -2.31. The number of ether oxygens (including phenoxy) is 1. The standard InChI is InChI=1S/C21H24F5N3O2/c22-18-15(13-4-2-1-3-5-13)6-7-16(19(18)23)30-14-8-10-29(11-9-14)12-17-27-20(28-31-17)21(24,25)26/h6-7,13-14H,1-5,8-12H2. The molecule has 0 amide bonds. The van der Waals surface area contributed by atoms with Gasteiger partial charge in [-0.25, -0.2) is 4.39 Å². The maximum atomic E-state index is 14.6. The van der Waals surface area contributed by atoms with Gasteiger partial charge in [0.25, 0.3) is 5.82 Å². The molecule has 0 spiro atoms. The van der Waals surface area contributed by atoms with Crippen LogP contribution in [0.2, 0.25) is 0 Å².